The van der Waals surface area contributed by atoms with Crippen LogP contribution in [0.1, 0.15) is 5.69 Å². The fraction of sp³-hybridized carbons (Fsp3) is 0.348. The van der Waals surface area contributed by atoms with Crippen LogP contribution in [0, 0.1) is 10.1 Å². The van der Waals surface area contributed by atoms with Crippen LogP contribution in [0.2, 0.25) is 0 Å². The fourth-order valence-corrected chi connectivity index (χ4v) is 3.94. The van der Waals surface area contributed by atoms with Gasteiger partial charge in [0.05, 0.1) is 10.4 Å². The second-order valence-electron chi connectivity index (χ2n) is 8.05. The molecule has 3 aromatic rings. The average molecular weight is 476 g/mol. The van der Waals surface area contributed by atoms with E-state index in [4.69, 9.17) is 4.74 Å². The molecule has 1 saturated heterocycles. The summed E-state index contributed by atoms with van der Waals surface area (Å²) >= 11 is 0. The number of para-hydroxylation sites is 1. The lowest BCUT2D eigenvalue weighted by molar-refractivity contribution is -0.384. The smallest absolute Gasteiger partial charge is 0.433 e. The third-order valence-electron chi connectivity index (χ3n) is 5.66. The first kappa shape index (κ1) is 23.7. The number of pyridine rings is 1. The van der Waals surface area contributed by atoms with Gasteiger partial charge in [-0.25, -0.2) is 4.98 Å². The van der Waals surface area contributed by atoms with Crippen molar-refractivity contribution in [1.82, 2.24) is 9.88 Å². The van der Waals surface area contributed by atoms with E-state index in [0.717, 1.165) is 6.07 Å². The Hall–Kier alpha value is -3.44. The molecule has 180 valence electrons. The molecule has 1 unspecified atom stereocenters. The van der Waals surface area contributed by atoms with Gasteiger partial charge in [0.2, 0.25) is 0 Å². The molecule has 1 atom stereocenters. The zero-order valence-corrected chi connectivity index (χ0v) is 18.1. The molecule has 4 rings (SSSR count). The van der Waals surface area contributed by atoms with Crippen molar-refractivity contribution in [2.45, 2.75) is 12.3 Å². The molecule has 1 aliphatic heterocycles. The number of alkyl halides is 3. The Morgan fingerprint density at radius 1 is 1.09 bits per heavy atom. The highest BCUT2D eigenvalue weighted by molar-refractivity contribution is 5.92. The van der Waals surface area contributed by atoms with Gasteiger partial charge in [0.1, 0.15) is 24.2 Å². The Morgan fingerprint density at radius 2 is 1.76 bits per heavy atom. The summed E-state index contributed by atoms with van der Waals surface area (Å²) in [5, 5.41) is 21.7. The minimum Gasteiger partial charge on any atom is -0.491 e. The monoisotopic (exact) mass is 476 g/mol. The van der Waals surface area contributed by atoms with E-state index in [1.165, 1.54) is 24.3 Å². The van der Waals surface area contributed by atoms with E-state index in [-0.39, 0.29) is 12.3 Å². The molecule has 0 saturated carbocycles. The van der Waals surface area contributed by atoms with Crippen molar-refractivity contribution >= 4 is 22.3 Å². The van der Waals surface area contributed by atoms with Gasteiger partial charge in [-0.3, -0.25) is 15.0 Å². The van der Waals surface area contributed by atoms with Crippen LogP contribution < -0.4 is 9.64 Å². The largest absolute Gasteiger partial charge is 0.491 e. The molecule has 1 aromatic heterocycles. The minimum atomic E-state index is -4.53. The molecule has 34 heavy (non-hydrogen) atoms. The predicted octanol–water partition coefficient (Wildman–Crippen LogP) is 3.72. The number of nitro benzene ring substituents is 1. The summed E-state index contributed by atoms with van der Waals surface area (Å²) in [6.07, 6.45) is -5.32. The van der Waals surface area contributed by atoms with Gasteiger partial charge in [-0.05, 0) is 24.3 Å². The second-order valence-corrected chi connectivity index (χ2v) is 8.05. The van der Waals surface area contributed by atoms with Crippen molar-refractivity contribution in [1.29, 1.82) is 0 Å². The first-order chi connectivity index (χ1) is 16.2. The summed E-state index contributed by atoms with van der Waals surface area (Å²) in [5.41, 5.74) is -0.161. The number of anilines is 1. The van der Waals surface area contributed by atoms with Gasteiger partial charge in [0.15, 0.2) is 0 Å². The van der Waals surface area contributed by atoms with Crippen LogP contribution in [-0.2, 0) is 6.18 Å². The number of non-ortho nitro benzene ring substituents is 1. The summed E-state index contributed by atoms with van der Waals surface area (Å²) in [4.78, 5) is 17.9. The van der Waals surface area contributed by atoms with Crippen molar-refractivity contribution in [3.05, 3.63) is 70.4 Å². The van der Waals surface area contributed by atoms with Crippen LogP contribution in [0.4, 0.5) is 24.5 Å². The normalized spacial score (nSPS) is 15.9. The number of halogens is 3. The molecule has 2 aromatic carbocycles. The fourth-order valence-electron chi connectivity index (χ4n) is 3.94. The lowest BCUT2D eigenvalue weighted by Gasteiger charge is -2.37. The van der Waals surface area contributed by atoms with E-state index in [9.17, 15) is 28.4 Å². The van der Waals surface area contributed by atoms with Crippen LogP contribution in [0.5, 0.6) is 5.75 Å². The van der Waals surface area contributed by atoms with Crippen LogP contribution in [-0.4, -0.2) is 65.3 Å². The molecule has 2 heterocycles. The number of aromatic nitrogens is 1. The maximum Gasteiger partial charge on any atom is 0.433 e. The highest BCUT2D eigenvalue weighted by atomic mass is 19.4. The quantitative estimate of drug-likeness (QED) is 0.410. The van der Waals surface area contributed by atoms with Gasteiger partial charge in [-0.2, -0.15) is 13.2 Å². The first-order valence-corrected chi connectivity index (χ1v) is 10.7. The van der Waals surface area contributed by atoms with Gasteiger partial charge in [-0.15, -0.1) is 0 Å². The maximum atomic E-state index is 13.4. The van der Waals surface area contributed by atoms with E-state index in [2.05, 4.69) is 4.98 Å². The number of hydrogen-bond donors (Lipinski definition) is 1. The highest BCUT2D eigenvalue weighted by Crippen LogP contribution is 2.35. The van der Waals surface area contributed by atoms with E-state index in [0.29, 0.717) is 55.1 Å². The number of ether oxygens (including phenoxy) is 1. The predicted molar refractivity (Wildman–Crippen MR) is 120 cm³/mol. The van der Waals surface area contributed by atoms with Gasteiger partial charge in [-0.1, -0.05) is 18.2 Å². The van der Waals surface area contributed by atoms with Crippen molar-refractivity contribution in [2.75, 3.05) is 44.2 Å². The third kappa shape index (κ3) is 5.54. The number of aliphatic hydroxyl groups excluding tert-OH is 1. The molecule has 1 fully saturated rings. The number of aliphatic hydroxyl groups is 1. The Morgan fingerprint density at radius 3 is 2.41 bits per heavy atom. The number of nitrogens with zero attached hydrogens (tertiary/aromatic N) is 4. The standard InChI is InChI=1S/C23H23F3N4O4/c24-23(25,26)22-13-21(19-3-1-2-4-20(19)27-22)29-11-9-28(10-12-29)14-17(31)15-34-18-7-5-16(6-8-18)30(32)33/h1-8,13,17,31H,9-12,14-15H2. The third-order valence-corrected chi connectivity index (χ3v) is 5.66. The van der Waals surface area contributed by atoms with Crippen LogP contribution in [0.3, 0.4) is 0 Å². The number of benzene rings is 2. The van der Waals surface area contributed by atoms with Gasteiger partial charge in [0.25, 0.3) is 5.69 Å². The number of piperazine rings is 1. The number of fused-ring (bicyclic) bond motifs is 1. The van der Waals surface area contributed by atoms with Gasteiger partial charge in [0, 0.05) is 55.9 Å². The van der Waals surface area contributed by atoms with Crippen LogP contribution >= 0.6 is 0 Å². The summed E-state index contributed by atoms with van der Waals surface area (Å²) in [7, 11) is 0. The van der Waals surface area contributed by atoms with Crippen molar-refractivity contribution in [3.63, 3.8) is 0 Å². The second kappa shape index (κ2) is 9.82. The van der Waals surface area contributed by atoms with Crippen molar-refractivity contribution in [3.8, 4) is 5.75 Å². The Bertz CT molecular complexity index is 1150. The Balaban J connectivity index is 1.34. The van der Waals surface area contributed by atoms with Crippen molar-refractivity contribution in [2.24, 2.45) is 0 Å². The molecule has 0 amide bonds. The molecule has 0 spiro atoms. The Labute approximate surface area is 193 Å². The molecule has 8 nitrogen and oxygen atoms in total. The Kier molecular flexibility index (Phi) is 6.85. The SMILES string of the molecule is O=[N+]([O-])c1ccc(OCC(O)CN2CCN(c3cc(C(F)(F)F)nc4ccccc34)CC2)cc1. The molecular weight excluding hydrogens is 453 g/mol. The molecule has 1 N–H and O–H groups in total. The van der Waals surface area contributed by atoms with E-state index < -0.39 is 22.9 Å². The average Bonchev–Trinajstić information content (AvgIpc) is 2.82. The topological polar surface area (TPSA) is 92.0 Å². The zero-order valence-electron chi connectivity index (χ0n) is 18.1. The van der Waals surface area contributed by atoms with E-state index in [1.807, 2.05) is 9.80 Å². The van der Waals surface area contributed by atoms with E-state index in [1.54, 1.807) is 24.3 Å². The number of rotatable bonds is 7. The first-order valence-electron chi connectivity index (χ1n) is 10.7. The molecular formula is C23H23F3N4O4. The molecule has 11 heteroatoms. The van der Waals surface area contributed by atoms with Crippen LogP contribution in [0.15, 0.2) is 54.6 Å². The lowest BCUT2D eigenvalue weighted by atomic mass is 10.1. The lowest BCUT2D eigenvalue weighted by Crippen LogP contribution is -2.49. The molecule has 0 radical (unpaired) electrons. The van der Waals surface area contributed by atoms with Crippen LogP contribution in [0.25, 0.3) is 10.9 Å². The maximum absolute atomic E-state index is 13.4. The molecule has 0 aliphatic carbocycles. The number of hydrogen-bond acceptors (Lipinski definition) is 7. The molecule has 0 bridgehead atoms. The molecule has 1 aliphatic rings. The van der Waals surface area contributed by atoms with Gasteiger partial charge >= 0.3 is 6.18 Å². The summed E-state index contributed by atoms with van der Waals surface area (Å²) in [5.74, 6) is 0.416. The summed E-state index contributed by atoms with van der Waals surface area (Å²) in [6, 6.07) is 13.5. The summed E-state index contributed by atoms with van der Waals surface area (Å²) in [6.45, 7) is 2.48. The highest BCUT2D eigenvalue weighted by Gasteiger charge is 2.34. The van der Waals surface area contributed by atoms with E-state index >= 15 is 0 Å². The minimum absolute atomic E-state index is 0.0158. The number of nitro groups is 1. The zero-order chi connectivity index (χ0) is 24.3. The number of β-amino-alcohol motifs (C(OH)–C–C–N with tert-alkyl or cyclic N) is 1. The summed E-state index contributed by atoms with van der Waals surface area (Å²) < 4.78 is 45.6. The van der Waals surface area contributed by atoms with Gasteiger partial charge < -0.3 is 14.7 Å². The van der Waals surface area contributed by atoms with Crippen molar-refractivity contribution < 1.29 is 27.9 Å².